The Balaban J connectivity index is 1.40. The summed E-state index contributed by atoms with van der Waals surface area (Å²) < 4.78 is 6.06. The molecule has 2 heteroatoms. The number of benzene rings is 2. The molecule has 0 bridgehead atoms. The van der Waals surface area contributed by atoms with E-state index in [1.54, 1.807) is 0 Å². The lowest BCUT2D eigenvalue weighted by molar-refractivity contribution is -0.139. The summed E-state index contributed by atoms with van der Waals surface area (Å²) in [6.07, 6.45) is 9.40. The lowest BCUT2D eigenvalue weighted by Crippen LogP contribution is -2.19. The Hall–Kier alpha value is -2.35. The second-order valence-electron chi connectivity index (χ2n) is 9.40. The molecule has 156 valence electrons. The van der Waals surface area contributed by atoms with Crippen LogP contribution in [0.15, 0.2) is 59.7 Å². The van der Waals surface area contributed by atoms with Crippen molar-refractivity contribution in [1.82, 2.24) is 0 Å². The minimum absolute atomic E-state index is 0.0483. The standard InChI is InChI=1S/C28H32O2/c1-19-10-2-3-12-21-20(19)11-4-9-17-26(21)28(29)30-18-27-24-15-7-5-13-22(24)23-14-6-8-16-25(23)27/h5-8,13-16,19-20,27H,2-4,9-12,17-18H2,1H3. The zero-order valence-electron chi connectivity index (χ0n) is 18.0. The second-order valence-corrected chi connectivity index (χ2v) is 9.40. The quantitative estimate of drug-likeness (QED) is 0.517. The van der Waals surface area contributed by atoms with Crippen molar-refractivity contribution in [3.8, 4) is 11.1 Å². The molecule has 0 N–H and O–H groups in total. The first-order valence-corrected chi connectivity index (χ1v) is 11.8. The predicted molar refractivity (Wildman–Crippen MR) is 121 cm³/mol. The van der Waals surface area contributed by atoms with E-state index in [-0.39, 0.29) is 11.9 Å². The number of hydrogen-bond acceptors (Lipinski definition) is 2. The van der Waals surface area contributed by atoms with E-state index in [0.717, 1.165) is 24.8 Å². The van der Waals surface area contributed by atoms with Crippen LogP contribution in [0.5, 0.6) is 0 Å². The fraction of sp³-hybridized carbons (Fsp3) is 0.464. The molecular formula is C28H32O2. The van der Waals surface area contributed by atoms with Crippen LogP contribution in [0.3, 0.4) is 0 Å². The van der Waals surface area contributed by atoms with Crippen molar-refractivity contribution in [2.45, 2.75) is 64.2 Å². The molecule has 1 fully saturated rings. The maximum Gasteiger partial charge on any atom is 0.333 e. The van der Waals surface area contributed by atoms with Crippen LogP contribution in [0.25, 0.3) is 11.1 Å². The number of esters is 1. The van der Waals surface area contributed by atoms with Gasteiger partial charge in [-0.2, -0.15) is 0 Å². The van der Waals surface area contributed by atoms with Crippen LogP contribution in [0.1, 0.15) is 75.3 Å². The maximum absolute atomic E-state index is 13.3. The monoisotopic (exact) mass is 400 g/mol. The molecule has 0 amide bonds. The van der Waals surface area contributed by atoms with E-state index in [2.05, 4.69) is 55.5 Å². The Morgan fingerprint density at radius 3 is 2.23 bits per heavy atom. The number of fused-ring (bicyclic) bond motifs is 4. The van der Waals surface area contributed by atoms with Crippen LogP contribution >= 0.6 is 0 Å². The summed E-state index contributed by atoms with van der Waals surface area (Å²) >= 11 is 0. The van der Waals surface area contributed by atoms with Gasteiger partial charge in [-0.05, 0) is 66.2 Å². The first-order valence-electron chi connectivity index (χ1n) is 11.8. The van der Waals surface area contributed by atoms with Crippen molar-refractivity contribution in [2.75, 3.05) is 6.61 Å². The van der Waals surface area contributed by atoms with Crippen LogP contribution in [0.2, 0.25) is 0 Å². The van der Waals surface area contributed by atoms with Crippen LogP contribution in [-0.2, 0) is 9.53 Å². The van der Waals surface area contributed by atoms with E-state index >= 15 is 0 Å². The largest absolute Gasteiger partial charge is 0.461 e. The van der Waals surface area contributed by atoms with Gasteiger partial charge in [-0.3, -0.25) is 0 Å². The molecule has 0 aliphatic heterocycles. The van der Waals surface area contributed by atoms with Gasteiger partial charge in [-0.1, -0.05) is 80.3 Å². The lowest BCUT2D eigenvalue weighted by atomic mass is 9.81. The Morgan fingerprint density at radius 2 is 1.50 bits per heavy atom. The molecule has 30 heavy (non-hydrogen) atoms. The highest BCUT2D eigenvalue weighted by Gasteiger charge is 2.32. The number of hydrogen-bond donors (Lipinski definition) is 0. The van der Waals surface area contributed by atoms with Gasteiger partial charge in [0, 0.05) is 11.5 Å². The van der Waals surface area contributed by atoms with E-state index in [1.807, 2.05) is 0 Å². The Kier molecular flexibility index (Phi) is 5.50. The van der Waals surface area contributed by atoms with Crippen molar-refractivity contribution in [1.29, 1.82) is 0 Å². The van der Waals surface area contributed by atoms with Gasteiger partial charge >= 0.3 is 5.97 Å². The molecule has 2 atom stereocenters. The smallest absolute Gasteiger partial charge is 0.333 e. The summed E-state index contributed by atoms with van der Waals surface area (Å²) in [5.74, 6) is 1.37. The fourth-order valence-corrected chi connectivity index (χ4v) is 6.09. The van der Waals surface area contributed by atoms with Gasteiger partial charge in [0.05, 0.1) is 0 Å². The van der Waals surface area contributed by atoms with Crippen molar-refractivity contribution in [2.24, 2.45) is 11.8 Å². The molecule has 2 unspecified atom stereocenters. The van der Waals surface area contributed by atoms with Crippen LogP contribution in [0, 0.1) is 11.8 Å². The zero-order valence-corrected chi connectivity index (χ0v) is 18.0. The summed E-state index contributed by atoms with van der Waals surface area (Å²) in [6.45, 7) is 2.82. The number of rotatable bonds is 3. The van der Waals surface area contributed by atoms with Gasteiger partial charge in [0.2, 0.25) is 0 Å². The number of carbonyl (C=O) groups excluding carboxylic acids is 1. The van der Waals surface area contributed by atoms with Gasteiger partial charge < -0.3 is 4.74 Å². The Labute approximate surface area is 180 Å². The summed E-state index contributed by atoms with van der Waals surface area (Å²) in [5, 5.41) is 0. The first kappa shape index (κ1) is 19.6. The molecule has 3 aliphatic carbocycles. The molecule has 1 saturated carbocycles. The van der Waals surface area contributed by atoms with Crippen LogP contribution in [-0.4, -0.2) is 12.6 Å². The average molecular weight is 401 g/mol. The summed E-state index contributed by atoms with van der Waals surface area (Å²) in [6, 6.07) is 17.1. The molecule has 2 aromatic rings. The van der Waals surface area contributed by atoms with E-state index in [4.69, 9.17) is 4.74 Å². The van der Waals surface area contributed by atoms with Gasteiger partial charge in [0.1, 0.15) is 6.61 Å². The van der Waals surface area contributed by atoms with Crippen LogP contribution in [0.4, 0.5) is 0 Å². The number of ether oxygens (including phenoxy) is 1. The summed E-state index contributed by atoms with van der Waals surface area (Å²) in [7, 11) is 0. The molecule has 2 aromatic carbocycles. The average Bonchev–Trinajstić information content (AvgIpc) is 2.89. The van der Waals surface area contributed by atoms with Crippen LogP contribution < -0.4 is 0 Å². The molecule has 0 heterocycles. The third-order valence-corrected chi connectivity index (χ3v) is 7.66. The van der Waals surface area contributed by atoms with Gasteiger partial charge in [0.25, 0.3) is 0 Å². The number of allylic oxidation sites excluding steroid dienone is 1. The Bertz CT molecular complexity index is 925. The van der Waals surface area contributed by atoms with Gasteiger partial charge in [0.15, 0.2) is 0 Å². The highest BCUT2D eigenvalue weighted by Crippen LogP contribution is 2.45. The highest BCUT2D eigenvalue weighted by atomic mass is 16.5. The fourth-order valence-electron chi connectivity index (χ4n) is 6.09. The van der Waals surface area contributed by atoms with Crippen molar-refractivity contribution < 1.29 is 9.53 Å². The topological polar surface area (TPSA) is 26.3 Å². The molecule has 0 saturated heterocycles. The van der Waals surface area contributed by atoms with Crippen molar-refractivity contribution >= 4 is 5.97 Å². The minimum Gasteiger partial charge on any atom is -0.461 e. The third kappa shape index (κ3) is 3.51. The summed E-state index contributed by atoms with van der Waals surface area (Å²) in [4.78, 5) is 13.3. The molecular weight excluding hydrogens is 368 g/mol. The molecule has 2 nitrogen and oxygen atoms in total. The molecule has 5 rings (SSSR count). The van der Waals surface area contributed by atoms with E-state index in [0.29, 0.717) is 18.4 Å². The summed E-state index contributed by atoms with van der Waals surface area (Å²) in [5.41, 5.74) is 7.59. The third-order valence-electron chi connectivity index (χ3n) is 7.66. The van der Waals surface area contributed by atoms with Crippen molar-refractivity contribution in [3.05, 3.63) is 70.8 Å². The van der Waals surface area contributed by atoms with Gasteiger partial charge in [-0.15, -0.1) is 0 Å². The van der Waals surface area contributed by atoms with E-state index in [9.17, 15) is 4.79 Å². The van der Waals surface area contributed by atoms with Gasteiger partial charge in [-0.25, -0.2) is 4.79 Å². The number of carbonyl (C=O) groups is 1. The second kappa shape index (κ2) is 8.41. The molecule has 0 spiro atoms. The van der Waals surface area contributed by atoms with E-state index in [1.165, 1.54) is 59.9 Å². The zero-order chi connectivity index (χ0) is 20.5. The Morgan fingerprint density at radius 1 is 0.867 bits per heavy atom. The molecule has 3 aliphatic rings. The predicted octanol–water partition coefficient (Wildman–Crippen LogP) is 7.04. The SMILES string of the molecule is CC1CCCCC2=C(C(=O)OCC3c4ccccc4-c4ccccc43)CCCCC21. The van der Waals surface area contributed by atoms with Crippen molar-refractivity contribution in [3.63, 3.8) is 0 Å². The molecule has 0 radical (unpaired) electrons. The minimum atomic E-state index is -0.0483. The lowest BCUT2D eigenvalue weighted by Gasteiger charge is -2.24. The highest BCUT2D eigenvalue weighted by molar-refractivity contribution is 5.90. The first-order chi connectivity index (χ1) is 14.7. The maximum atomic E-state index is 13.3. The van der Waals surface area contributed by atoms with E-state index < -0.39 is 0 Å². The normalized spacial score (nSPS) is 23.8. The molecule has 0 aromatic heterocycles.